The molecule has 1 N–H and O–H groups in total. The maximum atomic E-state index is 6.14. The molecule has 0 saturated carbocycles. The minimum absolute atomic E-state index is 0.00521. The largest absolute Gasteiger partial charge is 0.380 e. The van der Waals surface area contributed by atoms with Crippen LogP contribution in [0, 0.1) is 0 Å². The first kappa shape index (κ1) is 12.7. The zero-order valence-electron chi connectivity index (χ0n) is 9.41. The molecule has 0 amide bonds. The molecule has 1 atom stereocenters. The van der Waals surface area contributed by atoms with E-state index in [1.807, 2.05) is 43.3 Å². The van der Waals surface area contributed by atoms with Crippen LogP contribution in [0.4, 0.5) is 5.69 Å². The molecule has 1 unspecified atom stereocenters. The van der Waals surface area contributed by atoms with Gasteiger partial charge in [0.05, 0.1) is 9.71 Å². The van der Waals surface area contributed by atoms with Crippen LogP contribution in [0.25, 0.3) is 0 Å². The predicted molar refractivity (Wildman–Crippen MR) is 77.4 cm³/mol. The van der Waals surface area contributed by atoms with Gasteiger partial charge in [0.2, 0.25) is 0 Å². The van der Waals surface area contributed by atoms with Crippen LogP contribution in [0.5, 0.6) is 0 Å². The average Bonchev–Trinajstić information content (AvgIpc) is 2.73. The lowest BCUT2D eigenvalue weighted by Crippen LogP contribution is -2.01. The normalized spacial score (nSPS) is 12.4. The summed E-state index contributed by atoms with van der Waals surface area (Å²) < 4.78 is 0.820. The van der Waals surface area contributed by atoms with Crippen molar-refractivity contribution in [2.45, 2.75) is 18.8 Å². The lowest BCUT2D eigenvalue weighted by atomic mass is 10.1. The molecule has 1 heterocycles. The second-order valence-electron chi connectivity index (χ2n) is 3.76. The first-order chi connectivity index (χ1) is 8.16. The van der Waals surface area contributed by atoms with Gasteiger partial charge in [0.1, 0.15) is 0 Å². The van der Waals surface area contributed by atoms with Crippen LogP contribution in [0.3, 0.4) is 0 Å². The van der Waals surface area contributed by atoms with Gasteiger partial charge in [0, 0.05) is 17.1 Å². The van der Waals surface area contributed by atoms with E-state index >= 15 is 0 Å². The van der Waals surface area contributed by atoms with Gasteiger partial charge in [0.15, 0.2) is 0 Å². The first-order valence-electron chi connectivity index (χ1n) is 5.38. The van der Waals surface area contributed by atoms with E-state index in [0.29, 0.717) is 0 Å². The molecule has 1 aromatic heterocycles. The molecule has 2 rings (SSSR count). The van der Waals surface area contributed by atoms with Gasteiger partial charge in [-0.15, -0.1) is 22.9 Å². The van der Waals surface area contributed by atoms with Crippen molar-refractivity contribution in [1.82, 2.24) is 0 Å². The fourth-order valence-electron chi connectivity index (χ4n) is 1.63. The lowest BCUT2D eigenvalue weighted by molar-refractivity contribution is 1.07. The number of hydrogen-bond acceptors (Lipinski definition) is 2. The van der Waals surface area contributed by atoms with Gasteiger partial charge in [-0.2, -0.15) is 0 Å². The molecule has 0 fully saturated rings. The Morgan fingerprint density at radius 2 is 2.00 bits per heavy atom. The zero-order valence-corrected chi connectivity index (χ0v) is 11.7. The summed E-state index contributed by atoms with van der Waals surface area (Å²) in [6, 6.07) is 12.0. The van der Waals surface area contributed by atoms with Crippen LogP contribution < -0.4 is 5.32 Å². The number of halogens is 2. The summed E-state index contributed by atoms with van der Waals surface area (Å²) in [7, 11) is 0. The van der Waals surface area contributed by atoms with Gasteiger partial charge in [-0.25, -0.2) is 0 Å². The first-order valence-corrected chi connectivity index (χ1v) is 7.01. The number of hydrogen-bond donors (Lipinski definition) is 1. The summed E-state index contributed by atoms with van der Waals surface area (Å²) in [4.78, 5) is 1.21. The molecule has 4 heteroatoms. The summed E-state index contributed by atoms with van der Waals surface area (Å²) in [5.41, 5.74) is 2.20. The van der Waals surface area contributed by atoms with Crippen molar-refractivity contribution < 1.29 is 0 Å². The highest BCUT2D eigenvalue weighted by molar-refractivity contribution is 7.16. The molecular weight excluding hydrogens is 273 g/mol. The fourth-order valence-corrected chi connectivity index (χ4v) is 2.85. The Morgan fingerprint density at radius 3 is 2.65 bits per heavy atom. The fraction of sp³-hybridized carbons (Fsp3) is 0.231. The number of para-hydroxylation sites is 1. The zero-order chi connectivity index (χ0) is 12.3. The summed E-state index contributed by atoms with van der Waals surface area (Å²) >= 11 is 13.6. The van der Waals surface area contributed by atoms with Crippen molar-refractivity contribution >= 4 is 40.2 Å². The van der Waals surface area contributed by atoms with Crippen molar-refractivity contribution in [1.29, 1.82) is 0 Å². The molecule has 0 aliphatic heterocycles. The molecule has 17 heavy (non-hydrogen) atoms. The Morgan fingerprint density at radius 1 is 1.24 bits per heavy atom. The molecule has 90 valence electrons. The third-order valence-electron chi connectivity index (χ3n) is 2.47. The summed E-state index contributed by atoms with van der Waals surface area (Å²) in [5, 5.41) is 3.40. The number of alkyl halides is 1. The second-order valence-corrected chi connectivity index (χ2v) is 6.22. The molecule has 0 aliphatic carbocycles. The smallest absolute Gasteiger partial charge is 0.0931 e. The van der Waals surface area contributed by atoms with E-state index in [0.717, 1.165) is 22.1 Å². The maximum Gasteiger partial charge on any atom is 0.0931 e. The Labute approximate surface area is 115 Å². The lowest BCUT2D eigenvalue weighted by Gasteiger charge is -2.12. The standard InChI is InChI=1S/C13H13Cl2NS/c1-9(14)11-4-2-3-5-12(11)16-8-10-6-7-13(15)17-10/h2-7,9,16H,8H2,1H3. The topological polar surface area (TPSA) is 12.0 Å². The van der Waals surface area contributed by atoms with Gasteiger partial charge in [-0.05, 0) is 30.7 Å². The maximum absolute atomic E-state index is 6.14. The van der Waals surface area contributed by atoms with Crippen molar-refractivity contribution in [3.05, 3.63) is 51.2 Å². The molecule has 1 nitrogen and oxygen atoms in total. The van der Waals surface area contributed by atoms with E-state index in [-0.39, 0.29) is 5.38 Å². The van der Waals surface area contributed by atoms with E-state index < -0.39 is 0 Å². The van der Waals surface area contributed by atoms with Gasteiger partial charge in [-0.3, -0.25) is 0 Å². The highest BCUT2D eigenvalue weighted by Gasteiger charge is 2.07. The molecule has 2 aromatic rings. The molecule has 0 bridgehead atoms. The minimum Gasteiger partial charge on any atom is -0.380 e. The van der Waals surface area contributed by atoms with Gasteiger partial charge < -0.3 is 5.32 Å². The van der Waals surface area contributed by atoms with E-state index in [1.165, 1.54) is 4.88 Å². The number of rotatable bonds is 4. The number of benzene rings is 1. The van der Waals surface area contributed by atoms with Crippen LogP contribution in [-0.4, -0.2) is 0 Å². The minimum atomic E-state index is 0.00521. The third kappa shape index (κ3) is 3.38. The average molecular weight is 286 g/mol. The van der Waals surface area contributed by atoms with E-state index in [4.69, 9.17) is 23.2 Å². The molecule has 1 aromatic carbocycles. The van der Waals surface area contributed by atoms with E-state index in [1.54, 1.807) is 11.3 Å². The summed E-state index contributed by atoms with van der Waals surface area (Å²) in [6.07, 6.45) is 0. The summed E-state index contributed by atoms with van der Waals surface area (Å²) in [5.74, 6) is 0. The monoisotopic (exact) mass is 285 g/mol. The molecule has 0 radical (unpaired) electrons. The summed E-state index contributed by atoms with van der Waals surface area (Å²) in [6.45, 7) is 2.75. The molecular formula is C13H13Cl2NS. The predicted octanol–water partition coefficient (Wildman–Crippen LogP) is 5.31. The Bertz CT molecular complexity index is 494. The van der Waals surface area contributed by atoms with Crippen LogP contribution in [-0.2, 0) is 6.54 Å². The van der Waals surface area contributed by atoms with Gasteiger partial charge >= 0.3 is 0 Å². The van der Waals surface area contributed by atoms with Crippen molar-refractivity contribution in [3.8, 4) is 0 Å². The quantitative estimate of drug-likeness (QED) is 0.751. The van der Waals surface area contributed by atoms with Crippen LogP contribution in [0.2, 0.25) is 4.34 Å². The Hall–Kier alpha value is -0.700. The van der Waals surface area contributed by atoms with Crippen LogP contribution >= 0.6 is 34.5 Å². The number of anilines is 1. The van der Waals surface area contributed by atoms with Crippen LogP contribution in [0.15, 0.2) is 36.4 Å². The van der Waals surface area contributed by atoms with Crippen molar-refractivity contribution in [3.63, 3.8) is 0 Å². The highest BCUT2D eigenvalue weighted by Crippen LogP contribution is 2.28. The third-order valence-corrected chi connectivity index (χ3v) is 3.94. The van der Waals surface area contributed by atoms with Crippen molar-refractivity contribution in [2.75, 3.05) is 5.32 Å². The Balaban J connectivity index is 2.08. The van der Waals surface area contributed by atoms with Crippen LogP contribution in [0.1, 0.15) is 22.7 Å². The SMILES string of the molecule is CC(Cl)c1ccccc1NCc1ccc(Cl)s1. The highest BCUT2D eigenvalue weighted by atomic mass is 35.5. The molecule has 0 saturated heterocycles. The van der Waals surface area contributed by atoms with Gasteiger partial charge in [0.25, 0.3) is 0 Å². The number of nitrogens with one attached hydrogen (secondary N) is 1. The van der Waals surface area contributed by atoms with Gasteiger partial charge in [-0.1, -0.05) is 29.8 Å². The van der Waals surface area contributed by atoms with E-state index in [2.05, 4.69) is 5.32 Å². The van der Waals surface area contributed by atoms with E-state index in [9.17, 15) is 0 Å². The molecule has 0 aliphatic rings. The Kier molecular flexibility index (Phi) is 4.32. The molecule has 0 spiro atoms. The number of thiophene rings is 1. The van der Waals surface area contributed by atoms with Crippen molar-refractivity contribution in [2.24, 2.45) is 0 Å². The second kappa shape index (κ2) is 5.76.